The van der Waals surface area contributed by atoms with E-state index in [2.05, 4.69) is 39.4 Å². The minimum atomic E-state index is 0.0172. The second kappa shape index (κ2) is 7.95. The van der Waals surface area contributed by atoms with Gasteiger partial charge in [0.05, 0.1) is 12.8 Å². The Kier molecular flexibility index (Phi) is 5.01. The van der Waals surface area contributed by atoms with Crippen molar-refractivity contribution in [2.45, 2.75) is 25.4 Å². The molecule has 3 aromatic rings. The summed E-state index contributed by atoms with van der Waals surface area (Å²) < 4.78 is 5.42. The monoisotopic (exact) mass is 402 g/mol. The van der Waals surface area contributed by atoms with Gasteiger partial charge in [0.25, 0.3) is 5.91 Å². The fourth-order valence-corrected chi connectivity index (χ4v) is 4.65. The van der Waals surface area contributed by atoms with E-state index < -0.39 is 0 Å². The first-order chi connectivity index (χ1) is 14.7. The average molecular weight is 402 g/mol. The second-order valence-corrected chi connectivity index (χ2v) is 8.05. The molecule has 1 N–H and O–H groups in total. The zero-order valence-corrected chi connectivity index (χ0v) is 17.2. The number of fused-ring (bicyclic) bond motifs is 1. The van der Waals surface area contributed by atoms with Crippen LogP contribution in [0.1, 0.15) is 28.0 Å². The molecule has 6 nitrogen and oxygen atoms in total. The van der Waals surface area contributed by atoms with E-state index in [0.29, 0.717) is 11.7 Å². The Hall–Kier alpha value is -3.12. The zero-order chi connectivity index (χ0) is 20.5. The lowest BCUT2D eigenvalue weighted by molar-refractivity contribution is 0.0767. The molecule has 0 bridgehead atoms. The van der Waals surface area contributed by atoms with Crippen LogP contribution >= 0.6 is 0 Å². The van der Waals surface area contributed by atoms with Crippen LogP contribution in [0.25, 0.3) is 11.3 Å². The van der Waals surface area contributed by atoms with Crippen LogP contribution in [0.4, 0.5) is 0 Å². The smallest absolute Gasteiger partial charge is 0.271 e. The van der Waals surface area contributed by atoms with E-state index in [1.54, 1.807) is 7.11 Å². The van der Waals surface area contributed by atoms with Gasteiger partial charge in [-0.05, 0) is 42.2 Å². The highest BCUT2D eigenvalue weighted by atomic mass is 16.5. The molecule has 0 spiro atoms. The predicted octanol–water partition coefficient (Wildman–Crippen LogP) is 3.36. The number of amides is 1. The topological polar surface area (TPSA) is 61.5 Å². The van der Waals surface area contributed by atoms with Crippen LogP contribution in [0.2, 0.25) is 0 Å². The quantitative estimate of drug-likeness (QED) is 0.727. The number of ether oxygens (including phenoxy) is 1. The zero-order valence-electron chi connectivity index (χ0n) is 17.2. The minimum Gasteiger partial charge on any atom is -0.496 e. The minimum absolute atomic E-state index is 0.0172. The molecule has 2 aromatic carbocycles. The number of hydrogen-bond acceptors (Lipinski definition) is 4. The van der Waals surface area contributed by atoms with Crippen molar-refractivity contribution in [1.29, 1.82) is 0 Å². The van der Waals surface area contributed by atoms with E-state index in [4.69, 9.17) is 4.74 Å². The number of nitrogens with one attached hydrogen (secondary N) is 1. The van der Waals surface area contributed by atoms with Crippen LogP contribution in [0, 0.1) is 0 Å². The number of aromatic nitrogens is 2. The van der Waals surface area contributed by atoms with Gasteiger partial charge in [0.1, 0.15) is 11.4 Å². The van der Waals surface area contributed by atoms with Crippen LogP contribution in [0.3, 0.4) is 0 Å². The summed E-state index contributed by atoms with van der Waals surface area (Å²) in [5, 5.41) is 7.29. The third-order valence-corrected chi connectivity index (χ3v) is 6.32. The number of carbonyl (C=O) groups excluding carboxylic acids is 1. The Labute approximate surface area is 176 Å². The van der Waals surface area contributed by atoms with E-state index in [-0.39, 0.29) is 5.91 Å². The average Bonchev–Trinajstić information content (AvgIpc) is 3.49. The summed E-state index contributed by atoms with van der Waals surface area (Å²) in [7, 11) is 1.64. The van der Waals surface area contributed by atoms with Crippen molar-refractivity contribution in [1.82, 2.24) is 20.0 Å². The van der Waals surface area contributed by atoms with Crippen molar-refractivity contribution < 1.29 is 9.53 Å². The highest BCUT2D eigenvalue weighted by Crippen LogP contribution is 2.29. The summed E-state index contributed by atoms with van der Waals surface area (Å²) in [6.07, 6.45) is 2.10. The number of aromatic amines is 1. The lowest BCUT2D eigenvalue weighted by Crippen LogP contribution is -2.41. The van der Waals surface area contributed by atoms with E-state index in [1.807, 2.05) is 35.2 Å². The molecular weight excluding hydrogens is 376 g/mol. The molecular formula is C24H26N4O2. The third-order valence-electron chi connectivity index (χ3n) is 6.32. The SMILES string of the molecule is COc1ccccc1-c1cc(C(=O)N2CCC(N3CCc4ccccc4C3)C2)[nH]n1. The largest absolute Gasteiger partial charge is 0.496 e. The predicted molar refractivity (Wildman–Crippen MR) is 115 cm³/mol. The molecule has 0 radical (unpaired) electrons. The van der Waals surface area contributed by atoms with Crippen molar-refractivity contribution in [2.75, 3.05) is 26.7 Å². The Bertz CT molecular complexity index is 1060. The molecule has 1 fully saturated rings. The maximum Gasteiger partial charge on any atom is 0.271 e. The molecule has 3 heterocycles. The summed E-state index contributed by atoms with van der Waals surface area (Å²) >= 11 is 0. The molecule has 1 saturated heterocycles. The second-order valence-electron chi connectivity index (χ2n) is 8.05. The van der Waals surface area contributed by atoms with Gasteiger partial charge in [0.2, 0.25) is 0 Å². The number of para-hydroxylation sites is 1. The number of H-pyrrole nitrogens is 1. The van der Waals surface area contributed by atoms with Crippen molar-refractivity contribution >= 4 is 5.91 Å². The number of likely N-dealkylation sites (tertiary alicyclic amines) is 1. The van der Waals surface area contributed by atoms with Crippen LogP contribution in [0.5, 0.6) is 5.75 Å². The van der Waals surface area contributed by atoms with Gasteiger partial charge in [-0.15, -0.1) is 0 Å². The van der Waals surface area contributed by atoms with Gasteiger partial charge in [-0.2, -0.15) is 5.10 Å². The van der Waals surface area contributed by atoms with Crippen LogP contribution in [-0.2, 0) is 13.0 Å². The molecule has 1 unspecified atom stereocenters. The van der Waals surface area contributed by atoms with Gasteiger partial charge >= 0.3 is 0 Å². The van der Waals surface area contributed by atoms with E-state index >= 15 is 0 Å². The maximum atomic E-state index is 13.1. The van der Waals surface area contributed by atoms with Crippen molar-refractivity contribution in [3.05, 3.63) is 71.4 Å². The van der Waals surface area contributed by atoms with Gasteiger partial charge < -0.3 is 9.64 Å². The lowest BCUT2D eigenvalue weighted by atomic mass is 9.98. The first-order valence-electron chi connectivity index (χ1n) is 10.5. The fraction of sp³-hybridized carbons (Fsp3) is 0.333. The Balaban J connectivity index is 1.27. The molecule has 2 aliphatic rings. The lowest BCUT2D eigenvalue weighted by Gasteiger charge is -2.33. The molecule has 0 saturated carbocycles. The summed E-state index contributed by atoms with van der Waals surface area (Å²) in [5.41, 5.74) is 5.01. The number of benzene rings is 2. The first kappa shape index (κ1) is 18.9. The van der Waals surface area contributed by atoms with E-state index in [9.17, 15) is 4.79 Å². The molecule has 2 aliphatic heterocycles. The van der Waals surface area contributed by atoms with Gasteiger partial charge in [0, 0.05) is 37.8 Å². The van der Waals surface area contributed by atoms with E-state index in [1.165, 1.54) is 11.1 Å². The number of rotatable bonds is 4. The van der Waals surface area contributed by atoms with Crippen LogP contribution in [0.15, 0.2) is 54.6 Å². The molecule has 6 heteroatoms. The molecule has 154 valence electrons. The Morgan fingerprint density at radius 3 is 2.77 bits per heavy atom. The fourth-order valence-electron chi connectivity index (χ4n) is 4.65. The van der Waals surface area contributed by atoms with Crippen molar-refractivity contribution in [3.63, 3.8) is 0 Å². The van der Waals surface area contributed by atoms with Crippen molar-refractivity contribution in [2.24, 2.45) is 0 Å². The molecule has 30 heavy (non-hydrogen) atoms. The third kappa shape index (κ3) is 3.48. The van der Waals surface area contributed by atoms with Crippen molar-refractivity contribution in [3.8, 4) is 17.0 Å². The van der Waals surface area contributed by atoms with Crippen LogP contribution in [-0.4, -0.2) is 58.7 Å². The van der Waals surface area contributed by atoms with E-state index in [0.717, 1.165) is 56.0 Å². The molecule has 5 rings (SSSR count). The first-order valence-corrected chi connectivity index (χ1v) is 10.5. The molecule has 0 aliphatic carbocycles. The normalized spacial score (nSPS) is 19.0. The summed E-state index contributed by atoms with van der Waals surface area (Å²) in [5.74, 6) is 0.762. The van der Waals surface area contributed by atoms with Gasteiger partial charge in [-0.25, -0.2) is 0 Å². The highest BCUT2D eigenvalue weighted by Gasteiger charge is 2.33. The number of hydrogen-bond donors (Lipinski definition) is 1. The standard InChI is InChI=1S/C24H26N4O2/c1-30-23-9-5-4-8-20(23)21-14-22(26-25-21)24(29)28-13-11-19(16-28)27-12-10-17-6-2-3-7-18(17)15-27/h2-9,14,19H,10-13,15-16H2,1H3,(H,25,26). The highest BCUT2D eigenvalue weighted by molar-refractivity contribution is 5.93. The summed E-state index contributed by atoms with van der Waals surface area (Å²) in [4.78, 5) is 17.6. The maximum absolute atomic E-state index is 13.1. The number of nitrogens with zero attached hydrogens (tertiary/aromatic N) is 3. The molecule has 1 aromatic heterocycles. The molecule has 1 amide bonds. The summed E-state index contributed by atoms with van der Waals surface area (Å²) in [6, 6.07) is 18.6. The van der Waals surface area contributed by atoms with Gasteiger partial charge in [-0.3, -0.25) is 14.8 Å². The van der Waals surface area contributed by atoms with Gasteiger partial charge in [0.15, 0.2) is 0 Å². The Morgan fingerprint density at radius 1 is 1.10 bits per heavy atom. The van der Waals surface area contributed by atoms with Gasteiger partial charge in [-0.1, -0.05) is 36.4 Å². The Morgan fingerprint density at radius 2 is 1.90 bits per heavy atom. The van der Waals surface area contributed by atoms with Crippen LogP contribution < -0.4 is 4.74 Å². The molecule has 1 atom stereocenters. The summed E-state index contributed by atoms with van der Waals surface area (Å²) in [6.45, 7) is 3.59. The number of methoxy groups -OCH3 is 1. The number of carbonyl (C=O) groups is 1.